The molecule has 2 atom stereocenters. The van der Waals surface area contributed by atoms with Crippen molar-refractivity contribution in [2.75, 3.05) is 21.3 Å². The zero-order valence-electron chi connectivity index (χ0n) is 10.5. The number of ether oxygens (including phenoxy) is 3. The maximum absolute atomic E-state index is 11.2. The molecule has 0 radical (unpaired) electrons. The van der Waals surface area contributed by atoms with E-state index in [1.165, 1.54) is 21.3 Å². The van der Waals surface area contributed by atoms with Crippen LogP contribution < -0.4 is 15.2 Å². The zero-order chi connectivity index (χ0) is 13.7. The molecule has 0 saturated carbocycles. The lowest BCUT2D eigenvalue weighted by atomic mass is 10.0. The summed E-state index contributed by atoms with van der Waals surface area (Å²) >= 11 is 0. The van der Waals surface area contributed by atoms with Crippen LogP contribution in [0, 0.1) is 0 Å². The topological polar surface area (TPSA) is 91.0 Å². The average molecular weight is 255 g/mol. The molecule has 0 aliphatic rings. The molecule has 0 heterocycles. The number of nitrogens with two attached hydrogens (primary N) is 1. The standard InChI is InChI=1S/C12H17NO5/c1-16-8-5-4-7(6-9(8)17-2)11(14)10(13)12(15)18-3/h4-6,10-11,14H,13H2,1-3H3/t10-,11?/m0/s1. The van der Waals surface area contributed by atoms with Crippen LogP contribution >= 0.6 is 0 Å². The predicted octanol–water partition coefficient (Wildman–Crippen LogP) is 0.237. The summed E-state index contributed by atoms with van der Waals surface area (Å²) in [6.07, 6.45) is -1.17. The number of benzene rings is 1. The molecule has 18 heavy (non-hydrogen) atoms. The van der Waals surface area contributed by atoms with E-state index in [0.29, 0.717) is 17.1 Å². The van der Waals surface area contributed by atoms with Crippen molar-refractivity contribution < 1.29 is 24.1 Å². The number of hydrogen-bond donors (Lipinski definition) is 2. The second-order valence-corrected chi connectivity index (χ2v) is 3.61. The van der Waals surface area contributed by atoms with Gasteiger partial charge in [-0.05, 0) is 17.7 Å². The first-order valence-corrected chi connectivity index (χ1v) is 5.28. The fourth-order valence-electron chi connectivity index (χ4n) is 1.51. The van der Waals surface area contributed by atoms with Gasteiger partial charge < -0.3 is 25.1 Å². The van der Waals surface area contributed by atoms with Crippen molar-refractivity contribution in [3.05, 3.63) is 23.8 Å². The van der Waals surface area contributed by atoms with Crippen molar-refractivity contribution in [1.29, 1.82) is 0 Å². The van der Waals surface area contributed by atoms with Gasteiger partial charge in [-0.3, -0.25) is 4.79 Å². The molecule has 6 nitrogen and oxygen atoms in total. The zero-order valence-corrected chi connectivity index (χ0v) is 10.5. The van der Waals surface area contributed by atoms with Gasteiger partial charge in [-0.25, -0.2) is 0 Å². The summed E-state index contributed by atoms with van der Waals surface area (Å²) in [4.78, 5) is 11.2. The molecule has 6 heteroatoms. The Morgan fingerprint density at radius 1 is 1.22 bits per heavy atom. The smallest absolute Gasteiger partial charge is 0.325 e. The van der Waals surface area contributed by atoms with Crippen LogP contribution in [-0.4, -0.2) is 38.4 Å². The third-order valence-corrected chi connectivity index (χ3v) is 2.56. The summed E-state index contributed by atoms with van der Waals surface area (Å²) in [6, 6.07) is 3.65. The Bertz CT molecular complexity index is 421. The Morgan fingerprint density at radius 2 is 1.83 bits per heavy atom. The molecular weight excluding hydrogens is 238 g/mol. The van der Waals surface area contributed by atoms with Gasteiger partial charge in [0.2, 0.25) is 0 Å². The van der Waals surface area contributed by atoms with Crippen LogP contribution in [0.2, 0.25) is 0 Å². The Labute approximate surface area is 105 Å². The lowest BCUT2D eigenvalue weighted by Crippen LogP contribution is -2.37. The van der Waals surface area contributed by atoms with Crippen LogP contribution in [0.15, 0.2) is 18.2 Å². The van der Waals surface area contributed by atoms with E-state index >= 15 is 0 Å². The summed E-state index contributed by atoms with van der Waals surface area (Å²) in [7, 11) is 4.20. The molecule has 1 rings (SSSR count). The highest BCUT2D eigenvalue weighted by atomic mass is 16.5. The number of methoxy groups -OCH3 is 3. The Hall–Kier alpha value is -1.79. The Balaban J connectivity index is 2.99. The molecule has 1 aromatic rings. The number of hydrogen-bond acceptors (Lipinski definition) is 6. The second-order valence-electron chi connectivity index (χ2n) is 3.61. The number of esters is 1. The highest BCUT2D eigenvalue weighted by Crippen LogP contribution is 2.30. The molecule has 0 amide bonds. The quantitative estimate of drug-likeness (QED) is 0.732. The van der Waals surface area contributed by atoms with E-state index in [0.717, 1.165) is 0 Å². The van der Waals surface area contributed by atoms with E-state index in [1.54, 1.807) is 18.2 Å². The van der Waals surface area contributed by atoms with Gasteiger partial charge in [0.1, 0.15) is 12.1 Å². The first-order valence-electron chi connectivity index (χ1n) is 5.28. The van der Waals surface area contributed by atoms with Crippen LogP contribution in [0.25, 0.3) is 0 Å². The fourth-order valence-corrected chi connectivity index (χ4v) is 1.51. The molecule has 0 saturated heterocycles. The van der Waals surface area contributed by atoms with Crippen LogP contribution in [-0.2, 0) is 9.53 Å². The van der Waals surface area contributed by atoms with E-state index < -0.39 is 18.1 Å². The first-order chi connectivity index (χ1) is 8.54. The predicted molar refractivity (Wildman–Crippen MR) is 64.5 cm³/mol. The van der Waals surface area contributed by atoms with Gasteiger partial charge in [0.25, 0.3) is 0 Å². The van der Waals surface area contributed by atoms with Gasteiger partial charge in [-0.1, -0.05) is 6.07 Å². The fraction of sp³-hybridized carbons (Fsp3) is 0.417. The third-order valence-electron chi connectivity index (χ3n) is 2.56. The normalized spacial score (nSPS) is 13.6. The van der Waals surface area contributed by atoms with Gasteiger partial charge >= 0.3 is 5.97 Å². The van der Waals surface area contributed by atoms with E-state index in [9.17, 15) is 9.90 Å². The molecule has 0 bridgehead atoms. The summed E-state index contributed by atoms with van der Waals surface area (Å²) in [5, 5.41) is 9.95. The molecule has 3 N–H and O–H groups in total. The Morgan fingerprint density at radius 3 is 2.33 bits per heavy atom. The van der Waals surface area contributed by atoms with E-state index in [4.69, 9.17) is 15.2 Å². The SMILES string of the molecule is COC(=O)[C@@H](N)C(O)c1ccc(OC)c(OC)c1. The van der Waals surface area contributed by atoms with E-state index in [2.05, 4.69) is 4.74 Å². The number of rotatable bonds is 5. The maximum Gasteiger partial charge on any atom is 0.325 e. The van der Waals surface area contributed by atoms with Gasteiger partial charge in [-0.2, -0.15) is 0 Å². The number of carbonyl (C=O) groups is 1. The van der Waals surface area contributed by atoms with Crippen molar-refractivity contribution in [1.82, 2.24) is 0 Å². The highest BCUT2D eigenvalue weighted by molar-refractivity contribution is 5.76. The van der Waals surface area contributed by atoms with Crippen molar-refractivity contribution in [3.63, 3.8) is 0 Å². The Kier molecular flexibility index (Phi) is 4.94. The largest absolute Gasteiger partial charge is 0.493 e. The maximum atomic E-state index is 11.2. The van der Waals surface area contributed by atoms with E-state index in [1.807, 2.05) is 0 Å². The van der Waals surface area contributed by atoms with Gasteiger partial charge in [-0.15, -0.1) is 0 Å². The number of carbonyl (C=O) groups excluding carboxylic acids is 1. The summed E-state index contributed by atoms with van der Waals surface area (Å²) in [5.41, 5.74) is 6.02. The van der Waals surface area contributed by atoms with Crippen molar-refractivity contribution in [3.8, 4) is 11.5 Å². The monoisotopic (exact) mass is 255 g/mol. The minimum absolute atomic E-state index is 0.450. The summed E-state index contributed by atoms with van der Waals surface area (Å²) < 4.78 is 14.6. The lowest BCUT2D eigenvalue weighted by Gasteiger charge is -2.18. The van der Waals surface area contributed by atoms with Gasteiger partial charge in [0, 0.05) is 0 Å². The first kappa shape index (κ1) is 14.3. The van der Waals surface area contributed by atoms with Crippen molar-refractivity contribution in [2.45, 2.75) is 12.1 Å². The second kappa shape index (κ2) is 6.23. The number of aliphatic hydroxyl groups is 1. The molecule has 0 aliphatic heterocycles. The molecule has 0 fully saturated rings. The van der Waals surface area contributed by atoms with Crippen molar-refractivity contribution >= 4 is 5.97 Å². The average Bonchev–Trinajstić information content (AvgIpc) is 2.43. The van der Waals surface area contributed by atoms with Crippen LogP contribution in [0.3, 0.4) is 0 Å². The molecule has 0 spiro atoms. The number of aliphatic hydroxyl groups excluding tert-OH is 1. The molecule has 100 valence electrons. The molecule has 1 aromatic carbocycles. The minimum Gasteiger partial charge on any atom is -0.493 e. The third kappa shape index (κ3) is 2.91. The highest BCUT2D eigenvalue weighted by Gasteiger charge is 2.25. The molecule has 0 aliphatic carbocycles. The summed E-state index contributed by atoms with van der Waals surface area (Å²) in [6.45, 7) is 0. The molecule has 0 aromatic heterocycles. The molecular formula is C12H17NO5. The van der Waals surface area contributed by atoms with Crippen LogP contribution in [0.4, 0.5) is 0 Å². The van der Waals surface area contributed by atoms with Crippen LogP contribution in [0.1, 0.15) is 11.7 Å². The molecule has 1 unspecified atom stereocenters. The van der Waals surface area contributed by atoms with Crippen LogP contribution in [0.5, 0.6) is 11.5 Å². The minimum atomic E-state index is -1.17. The van der Waals surface area contributed by atoms with E-state index in [-0.39, 0.29) is 0 Å². The van der Waals surface area contributed by atoms with Gasteiger partial charge in [0.05, 0.1) is 21.3 Å². The lowest BCUT2D eigenvalue weighted by molar-refractivity contribution is -0.145. The van der Waals surface area contributed by atoms with Gasteiger partial charge in [0.15, 0.2) is 11.5 Å². The van der Waals surface area contributed by atoms with Crippen molar-refractivity contribution in [2.24, 2.45) is 5.73 Å². The summed E-state index contributed by atoms with van der Waals surface area (Å²) in [5.74, 6) is 0.295.